The van der Waals surface area contributed by atoms with Gasteiger partial charge < -0.3 is 24.3 Å². The number of hydrogen-bond donors (Lipinski definition) is 2. The van der Waals surface area contributed by atoms with Gasteiger partial charge >= 0.3 is 5.97 Å². The number of nitrogens with zero attached hydrogens (tertiary/aromatic N) is 1. The lowest BCUT2D eigenvalue weighted by Gasteiger charge is -2.36. The lowest BCUT2D eigenvalue weighted by molar-refractivity contribution is -0.149. The first-order valence-corrected chi connectivity index (χ1v) is 10.5. The first-order valence-electron chi connectivity index (χ1n) is 10.5. The molecule has 0 bridgehead atoms. The zero-order chi connectivity index (χ0) is 21.9. The number of carboxylic acids is 1. The molecule has 2 heterocycles. The molecule has 3 rings (SSSR count). The number of aliphatic carboxylic acids is 1. The number of aromatic amines is 1. The van der Waals surface area contributed by atoms with Crippen LogP contribution in [0.5, 0.6) is 5.75 Å². The van der Waals surface area contributed by atoms with Crippen LogP contribution in [0.3, 0.4) is 0 Å². The largest absolute Gasteiger partial charge is 0.491 e. The molecule has 162 valence electrons. The highest BCUT2D eigenvalue weighted by Gasteiger charge is 2.42. The molecular formula is C23H30N2O5. The van der Waals surface area contributed by atoms with E-state index in [0.717, 1.165) is 34.1 Å². The van der Waals surface area contributed by atoms with Crippen LogP contribution in [0.4, 0.5) is 0 Å². The van der Waals surface area contributed by atoms with E-state index in [-0.39, 0.29) is 12.5 Å². The molecule has 7 nitrogen and oxygen atoms in total. The molecule has 1 aliphatic heterocycles. The lowest BCUT2D eigenvalue weighted by atomic mass is 9.84. The number of fused-ring (bicyclic) bond motifs is 3. The molecule has 1 aromatic carbocycles. The van der Waals surface area contributed by atoms with Crippen molar-refractivity contribution in [1.82, 2.24) is 4.98 Å². The zero-order valence-electron chi connectivity index (χ0n) is 18.1. The van der Waals surface area contributed by atoms with Gasteiger partial charge in [-0.05, 0) is 45.2 Å². The number of benzene rings is 1. The summed E-state index contributed by atoms with van der Waals surface area (Å²) in [7, 11) is 0. The maximum absolute atomic E-state index is 11.6. The molecule has 0 saturated heterocycles. The molecule has 0 fully saturated rings. The van der Waals surface area contributed by atoms with E-state index in [1.165, 1.54) is 0 Å². The van der Waals surface area contributed by atoms with Gasteiger partial charge in [0.2, 0.25) is 0 Å². The van der Waals surface area contributed by atoms with Crippen molar-refractivity contribution in [1.29, 1.82) is 5.26 Å². The number of nitriles is 1. The fourth-order valence-corrected chi connectivity index (χ4v) is 4.36. The van der Waals surface area contributed by atoms with Gasteiger partial charge in [-0.2, -0.15) is 5.26 Å². The van der Waals surface area contributed by atoms with Crippen LogP contribution in [-0.4, -0.2) is 42.0 Å². The van der Waals surface area contributed by atoms with Gasteiger partial charge in [-0.3, -0.25) is 4.79 Å². The van der Waals surface area contributed by atoms with E-state index in [0.29, 0.717) is 44.0 Å². The molecule has 1 aromatic heterocycles. The average Bonchev–Trinajstić information content (AvgIpc) is 3.08. The van der Waals surface area contributed by atoms with Crippen molar-refractivity contribution in [2.24, 2.45) is 0 Å². The Morgan fingerprint density at radius 1 is 1.43 bits per heavy atom. The predicted octanol–water partition coefficient (Wildman–Crippen LogP) is 4.19. The average molecular weight is 415 g/mol. The Morgan fingerprint density at radius 2 is 2.20 bits per heavy atom. The second-order valence-corrected chi connectivity index (χ2v) is 8.07. The van der Waals surface area contributed by atoms with E-state index in [4.69, 9.17) is 14.2 Å². The molecule has 1 atom stereocenters. The van der Waals surface area contributed by atoms with Crippen LogP contribution in [0.25, 0.3) is 10.9 Å². The van der Waals surface area contributed by atoms with Crippen LogP contribution in [-0.2, 0) is 26.3 Å². The summed E-state index contributed by atoms with van der Waals surface area (Å²) in [5.74, 6) is -0.272. The van der Waals surface area contributed by atoms with Crippen LogP contribution in [0, 0.1) is 18.3 Å². The standard InChI is InChI=1S/C23H30N2O5/c1-5-7-23(12-19(26)27)22-17(6-8-30-23)20-16(13-24)11-18(15(4)21(20)25-22)29-10-9-28-14(2)3/h11,14,25H,5-10,12H2,1-4H3,(H,26,27)/t23-/m1/s1. The Balaban J connectivity index is 2.09. The summed E-state index contributed by atoms with van der Waals surface area (Å²) < 4.78 is 17.5. The number of carboxylic acid groups (broad SMARTS) is 1. The van der Waals surface area contributed by atoms with Gasteiger partial charge in [0.15, 0.2) is 0 Å². The number of hydrogen-bond acceptors (Lipinski definition) is 5. The Hall–Kier alpha value is -2.56. The maximum atomic E-state index is 11.6. The van der Waals surface area contributed by atoms with Crippen molar-refractivity contribution >= 4 is 16.9 Å². The number of rotatable bonds is 9. The molecule has 2 N–H and O–H groups in total. The van der Waals surface area contributed by atoms with E-state index in [1.54, 1.807) is 6.07 Å². The van der Waals surface area contributed by atoms with Gasteiger partial charge in [0, 0.05) is 10.9 Å². The van der Waals surface area contributed by atoms with E-state index < -0.39 is 11.6 Å². The van der Waals surface area contributed by atoms with E-state index in [9.17, 15) is 15.2 Å². The second kappa shape index (κ2) is 9.07. The smallest absolute Gasteiger partial charge is 0.306 e. The van der Waals surface area contributed by atoms with Gasteiger partial charge in [0.1, 0.15) is 18.0 Å². The van der Waals surface area contributed by atoms with E-state index in [1.807, 2.05) is 27.7 Å². The molecule has 7 heteroatoms. The molecule has 2 aromatic rings. The molecule has 0 radical (unpaired) electrons. The van der Waals surface area contributed by atoms with Crippen LogP contribution in [0.2, 0.25) is 0 Å². The summed E-state index contributed by atoms with van der Waals surface area (Å²) >= 11 is 0. The first-order chi connectivity index (χ1) is 14.3. The molecule has 30 heavy (non-hydrogen) atoms. The van der Waals surface area contributed by atoms with Gasteiger partial charge in [-0.15, -0.1) is 0 Å². The summed E-state index contributed by atoms with van der Waals surface area (Å²) in [5, 5.41) is 20.2. The summed E-state index contributed by atoms with van der Waals surface area (Å²) in [6.07, 6.45) is 2.03. The quantitative estimate of drug-likeness (QED) is 0.596. The van der Waals surface area contributed by atoms with Gasteiger partial charge in [0.25, 0.3) is 0 Å². The molecule has 0 unspecified atom stereocenters. The van der Waals surface area contributed by atoms with Crippen molar-refractivity contribution in [3.63, 3.8) is 0 Å². The minimum Gasteiger partial charge on any atom is -0.491 e. The summed E-state index contributed by atoms with van der Waals surface area (Å²) in [6, 6.07) is 4.07. The highest BCUT2D eigenvalue weighted by molar-refractivity contribution is 5.94. The minimum absolute atomic E-state index is 0.114. The van der Waals surface area contributed by atoms with Crippen LogP contribution < -0.4 is 4.74 Å². The Kier molecular flexibility index (Phi) is 6.69. The van der Waals surface area contributed by atoms with Gasteiger partial charge in [-0.25, -0.2) is 0 Å². The monoisotopic (exact) mass is 414 g/mol. The third-order valence-electron chi connectivity index (χ3n) is 5.58. The van der Waals surface area contributed by atoms with Crippen molar-refractivity contribution in [3.8, 4) is 11.8 Å². The fraction of sp³-hybridized carbons (Fsp3) is 0.565. The Bertz CT molecular complexity index is 972. The minimum atomic E-state index is -0.904. The normalized spacial score (nSPS) is 18.4. The number of ether oxygens (including phenoxy) is 3. The fourth-order valence-electron chi connectivity index (χ4n) is 4.36. The summed E-state index contributed by atoms with van der Waals surface area (Å²) in [6.45, 7) is 9.18. The maximum Gasteiger partial charge on any atom is 0.306 e. The van der Waals surface area contributed by atoms with E-state index in [2.05, 4.69) is 11.1 Å². The molecule has 0 spiro atoms. The third-order valence-corrected chi connectivity index (χ3v) is 5.58. The number of aromatic nitrogens is 1. The Labute approximate surface area is 176 Å². The van der Waals surface area contributed by atoms with Gasteiger partial charge in [-0.1, -0.05) is 13.3 Å². The zero-order valence-corrected chi connectivity index (χ0v) is 18.1. The Morgan fingerprint density at radius 3 is 2.83 bits per heavy atom. The highest BCUT2D eigenvalue weighted by atomic mass is 16.5. The van der Waals surface area contributed by atoms with E-state index >= 15 is 0 Å². The summed E-state index contributed by atoms with van der Waals surface area (Å²) in [5.41, 5.74) is 3.10. The number of carbonyl (C=O) groups is 1. The molecular weight excluding hydrogens is 384 g/mol. The van der Waals surface area contributed by atoms with Crippen molar-refractivity contribution in [3.05, 3.63) is 28.5 Å². The van der Waals surface area contributed by atoms with Crippen LogP contribution in [0.1, 0.15) is 62.4 Å². The SMILES string of the molecule is CCC[C@]1(CC(=O)O)OCCc2c1[nH]c1c(C)c(OCCOC(C)C)cc(C#N)c21. The van der Waals surface area contributed by atoms with Gasteiger partial charge in [0.05, 0.1) is 48.6 Å². The van der Waals surface area contributed by atoms with Crippen LogP contribution >= 0.6 is 0 Å². The molecule has 1 aliphatic rings. The number of aryl methyl sites for hydroxylation is 1. The van der Waals surface area contributed by atoms with Crippen molar-refractivity contribution in [2.45, 2.75) is 65.1 Å². The van der Waals surface area contributed by atoms with Crippen molar-refractivity contribution < 1.29 is 24.1 Å². The number of H-pyrrole nitrogens is 1. The highest BCUT2D eigenvalue weighted by Crippen LogP contribution is 2.44. The summed E-state index contributed by atoms with van der Waals surface area (Å²) in [4.78, 5) is 15.1. The lowest BCUT2D eigenvalue weighted by Crippen LogP contribution is -2.37. The number of nitrogens with one attached hydrogen (secondary N) is 1. The molecule has 0 amide bonds. The molecule has 0 saturated carbocycles. The molecule has 0 aliphatic carbocycles. The second-order valence-electron chi connectivity index (χ2n) is 8.07. The first kappa shape index (κ1) is 22.1. The topological polar surface area (TPSA) is 105 Å². The van der Waals surface area contributed by atoms with Crippen LogP contribution in [0.15, 0.2) is 6.07 Å². The predicted molar refractivity (Wildman–Crippen MR) is 113 cm³/mol. The van der Waals surface area contributed by atoms with Crippen molar-refractivity contribution in [2.75, 3.05) is 19.8 Å². The third kappa shape index (κ3) is 4.16.